The van der Waals surface area contributed by atoms with Crippen LogP contribution in [0.25, 0.3) is 0 Å². The number of amides is 1. The quantitative estimate of drug-likeness (QED) is 0.881. The van der Waals surface area contributed by atoms with Crippen molar-refractivity contribution in [3.05, 3.63) is 29.8 Å². The Morgan fingerprint density at radius 3 is 2.35 bits per heavy atom. The third-order valence-corrected chi connectivity index (χ3v) is 5.03. The van der Waals surface area contributed by atoms with Gasteiger partial charge in [-0.05, 0) is 42.4 Å². The summed E-state index contributed by atoms with van der Waals surface area (Å²) in [7, 11) is -3.51. The first kappa shape index (κ1) is 13.6. The first-order valence-electron chi connectivity index (χ1n) is 6.84. The molecule has 2 unspecified atom stereocenters. The minimum absolute atomic E-state index is 0.0962. The molecule has 2 saturated carbocycles. The molecular weight excluding hydrogens is 276 g/mol. The van der Waals surface area contributed by atoms with Gasteiger partial charge < -0.3 is 5.32 Å². The largest absolute Gasteiger partial charge is 0.326 e. The Morgan fingerprint density at radius 2 is 1.80 bits per heavy atom. The monoisotopic (exact) mass is 294 g/mol. The maximum absolute atomic E-state index is 12.1. The lowest BCUT2D eigenvalue weighted by molar-refractivity contribution is -0.118. The SMILES string of the molecule is NS(=O)(=O)Cc1ccc(NC(=O)C2C3CCCC32)cc1. The van der Waals surface area contributed by atoms with E-state index in [2.05, 4.69) is 5.32 Å². The molecule has 1 aromatic rings. The summed E-state index contributed by atoms with van der Waals surface area (Å²) in [6.07, 6.45) is 3.60. The van der Waals surface area contributed by atoms with Crippen LogP contribution in [0.2, 0.25) is 0 Å². The Labute approximate surface area is 118 Å². The van der Waals surface area contributed by atoms with Gasteiger partial charge in [0.2, 0.25) is 15.9 Å². The summed E-state index contributed by atoms with van der Waals surface area (Å²) in [6, 6.07) is 6.79. The zero-order chi connectivity index (χ0) is 14.3. The molecule has 108 valence electrons. The molecule has 5 nitrogen and oxygen atoms in total. The Bertz CT molecular complexity index is 614. The standard InChI is InChI=1S/C14H18N2O3S/c15-20(18,19)8-9-4-6-10(7-5-9)16-14(17)13-11-2-1-3-12(11)13/h4-7,11-13H,1-3,8H2,(H,16,17)(H2,15,18,19). The van der Waals surface area contributed by atoms with Gasteiger partial charge in [-0.2, -0.15) is 0 Å². The van der Waals surface area contributed by atoms with Gasteiger partial charge in [-0.1, -0.05) is 18.6 Å². The number of nitrogens with two attached hydrogens (primary N) is 1. The average Bonchev–Trinajstić information content (AvgIpc) is 2.84. The summed E-state index contributed by atoms with van der Waals surface area (Å²) >= 11 is 0. The van der Waals surface area contributed by atoms with Crippen LogP contribution in [-0.4, -0.2) is 14.3 Å². The fourth-order valence-electron chi connectivity index (χ4n) is 3.35. The van der Waals surface area contributed by atoms with Crippen LogP contribution in [0, 0.1) is 17.8 Å². The molecule has 2 aliphatic carbocycles. The van der Waals surface area contributed by atoms with Crippen molar-refractivity contribution in [1.82, 2.24) is 0 Å². The van der Waals surface area contributed by atoms with Gasteiger partial charge in [0.05, 0.1) is 5.75 Å². The number of fused-ring (bicyclic) bond motifs is 1. The number of hydrogen-bond donors (Lipinski definition) is 2. The number of sulfonamides is 1. The molecule has 6 heteroatoms. The summed E-state index contributed by atoms with van der Waals surface area (Å²) in [6.45, 7) is 0. The van der Waals surface area contributed by atoms with Crippen molar-refractivity contribution in [1.29, 1.82) is 0 Å². The van der Waals surface area contributed by atoms with Crippen LogP contribution in [0.3, 0.4) is 0 Å². The third-order valence-electron chi connectivity index (χ3n) is 4.30. The Hall–Kier alpha value is -1.40. The maximum Gasteiger partial charge on any atom is 0.228 e. The van der Waals surface area contributed by atoms with E-state index in [0.29, 0.717) is 23.1 Å². The number of primary sulfonamides is 1. The van der Waals surface area contributed by atoms with Gasteiger partial charge in [-0.15, -0.1) is 0 Å². The van der Waals surface area contributed by atoms with E-state index in [9.17, 15) is 13.2 Å². The van der Waals surface area contributed by atoms with Gasteiger partial charge in [-0.3, -0.25) is 4.79 Å². The van der Waals surface area contributed by atoms with E-state index < -0.39 is 10.0 Å². The topological polar surface area (TPSA) is 89.3 Å². The van der Waals surface area contributed by atoms with Gasteiger partial charge in [-0.25, -0.2) is 13.6 Å². The second-order valence-electron chi connectivity index (χ2n) is 5.78. The van der Waals surface area contributed by atoms with E-state index in [1.54, 1.807) is 24.3 Å². The molecule has 0 radical (unpaired) electrons. The highest BCUT2D eigenvalue weighted by Crippen LogP contribution is 2.57. The minimum Gasteiger partial charge on any atom is -0.326 e. The lowest BCUT2D eigenvalue weighted by atomic mass is 10.1. The number of carbonyl (C=O) groups excluding carboxylic acids is 1. The van der Waals surface area contributed by atoms with Crippen molar-refractivity contribution in [2.24, 2.45) is 22.9 Å². The minimum atomic E-state index is -3.51. The molecule has 20 heavy (non-hydrogen) atoms. The third kappa shape index (κ3) is 2.86. The van der Waals surface area contributed by atoms with Crippen LogP contribution in [-0.2, 0) is 20.6 Å². The van der Waals surface area contributed by atoms with Crippen LogP contribution in [0.1, 0.15) is 24.8 Å². The number of carbonyl (C=O) groups is 1. The normalized spacial score (nSPS) is 27.9. The fraction of sp³-hybridized carbons (Fsp3) is 0.500. The van der Waals surface area contributed by atoms with Crippen molar-refractivity contribution < 1.29 is 13.2 Å². The van der Waals surface area contributed by atoms with E-state index in [-0.39, 0.29) is 17.6 Å². The molecule has 2 aliphatic rings. The van der Waals surface area contributed by atoms with E-state index in [4.69, 9.17) is 5.14 Å². The smallest absolute Gasteiger partial charge is 0.228 e. The lowest BCUT2D eigenvalue weighted by Crippen LogP contribution is -2.17. The van der Waals surface area contributed by atoms with Crippen molar-refractivity contribution in [3.63, 3.8) is 0 Å². The summed E-state index contributed by atoms with van der Waals surface area (Å²) in [5.41, 5.74) is 1.33. The second-order valence-corrected chi connectivity index (χ2v) is 7.39. The van der Waals surface area contributed by atoms with Gasteiger partial charge >= 0.3 is 0 Å². The van der Waals surface area contributed by atoms with E-state index in [1.807, 2.05) is 0 Å². The summed E-state index contributed by atoms with van der Waals surface area (Å²) in [5.74, 6) is 1.29. The first-order valence-corrected chi connectivity index (χ1v) is 8.56. The molecule has 2 fully saturated rings. The highest BCUT2D eigenvalue weighted by molar-refractivity contribution is 7.88. The molecule has 1 aromatic carbocycles. The van der Waals surface area contributed by atoms with E-state index in [0.717, 1.165) is 0 Å². The zero-order valence-electron chi connectivity index (χ0n) is 11.1. The summed E-state index contributed by atoms with van der Waals surface area (Å²) < 4.78 is 22.0. The molecule has 0 heterocycles. The maximum atomic E-state index is 12.1. The number of rotatable bonds is 4. The number of hydrogen-bond acceptors (Lipinski definition) is 3. The van der Waals surface area contributed by atoms with Crippen LogP contribution in [0.4, 0.5) is 5.69 Å². The van der Waals surface area contributed by atoms with Gasteiger partial charge in [0, 0.05) is 11.6 Å². The molecule has 3 N–H and O–H groups in total. The lowest BCUT2D eigenvalue weighted by Gasteiger charge is -2.07. The zero-order valence-corrected chi connectivity index (χ0v) is 11.9. The van der Waals surface area contributed by atoms with E-state index >= 15 is 0 Å². The van der Waals surface area contributed by atoms with Gasteiger partial charge in [0.15, 0.2) is 0 Å². The number of anilines is 1. The van der Waals surface area contributed by atoms with Crippen molar-refractivity contribution >= 4 is 21.6 Å². The molecule has 2 atom stereocenters. The number of benzene rings is 1. The molecule has 0 bridgehead atoms. The molecule has 1 amide bonds. The Balaban J connectivity index is 1.60. The first-order chi connectivity index (χ1) is 9.44. The summed E-state index contributed by atoms with van der Waals surface area (Å²) in [5, 5.41) is 7.89. The molecule has 3 rings (SSSR count). The van der Waals surface area contributed by atoms with Crippen LogP contribution in [0.5, 0.6) is 0 Å². The average molecular weight is 294 g/mol. The predicted octanol–water partition coefficient (Wildman–Crippen LogP) is 1.46. The molecule has 0 spiro atoms. The highest BCUT2D eigenvalue weighted by atomic mass is 32.2. The van der Waals surface area contributed by atoms with Crippen molar-refractivity contribution in [2.45, 2.75) is 25.0 Å². The van der Waals surface area contributed by atoms with Crippen LogP contribution < -0.4 is 10.5 Å². The molecular formula is C14H18N2O3S. The van der Waals surface area contributed by atoms with Crippen molar-refractivity contribution in [2.75, 3.05) is 5.32 Å². The summed E-state index contributed by atoms with van der Waals surface area (Å²) in [4.78, 5) is 12.1. The van der Waals surface area contributed by atoms with Crippen LogP contribution in [0.15, 0.2) is 24.3 Å². The Morgan fingerprint density at radius 1 is 1.20 bits per heavy atom. The second kappa shape index (κ2) is 4.86. The van der Waals surface area contributed by atoms with E-state index in [1.165, 1.54) is 19.3 Å². The van der Waals surface area contributed by atoms with Crippen LogP contribution >= 0.6 is 0 Å². The van der Waals surface area contributed by atoms with Gasteiger partial charge in [0.25, 0.3) is 0 Å². The molecule has 0 saturated heterocycles. The molecule has 0 aliphatic heterocycles. The highest BCUT2D eigenvalue weighted by Gasteiger charge is 2.56. The van der Waals surface area contributed by atoms with Crippen molar-refractivity contribution in [3.8, 4) is 0 Å². The number of nitrogens with one attached hydrogen (secondary N) is 1. The van der Waals surface area contributed by atoms with Gasteiger partial charge in [0.1, 0.15) is 0 Å². The fourth-order valence-corrected chi connectivity index (χ4v) is 4.01. The Kier molecular flexibility index (Phi) is 3.30. The predicted molar refractivity (Wildman–Crippen MR) is 76.2 cm³/mol. The molecule has 0 aromatic heterocycles.